The molecule has 0 atom stereocenters. The monoisotopic (exact) mass is 348 g/mol. The lowest BCUT2D eigenvalue weighted by Gasteiger charge is -2.23. The van der Waals surface area contributed by atoms with Crippen LogP contribution in [0, 0.1) is 5.82 Å². The third-order valence-electron chi connectivity index (χ3n) is 4.01. The SMILES string of the molecule is CCC(C)(C)c1ccc(C(=O)c2cccc(Br)c2F)cc1. The Balaban J connectivity index is 2.35. The van der Waals surface area contributed by atoms with Crippen LogP contribution < -0.4 is 0 Å². The molecule has 0 unspecified atom stereocenters. The highest BCUT2D eigenvalue weighted by molar-refractivity contribution is 9.10. The molecule has 0 N–H and O–H groups in total. The maximum Gasteiger partial charge on any atom is 0.196 e. The number of carbonyl (C=O) groups excluding carboxylic acids is 1. The van der Waals surface area contributed by atoms with Gasteiger partial charge in [-0.1, -0.05) is 51.1 Å². The van der Waals surface area contributed by atoms with Crippen molar-refractivity contribution in [1.29, 1.82) is 0 Å². The molecule has 0 aliphatic rings. The highest BCUT2D eigenvalue weighted by Crippen LogP contribution is 2.27. The Morgan fingerprint density at radius 3 is 2.33 bits per heavy atom. The molecule has 0 amide bonds. The molecule has 0 spiro atoms. The third kappa shape index (κ3) is 3.24. The number of carbonyl (C=O) groups is 1. The van der Waals surface area contributed by atoms with Crippen LogP contribution >= 0.6 is 15.9 Å². The number of hydrogen-bond acceptors (Lipinski definition) is 1. The lowest BCUT2D eigenvalue weighted by atomic mass is 9.82. The van der Waals surface area contributed by atoms with Gasteiger partial charge >= 0.3 is 0 Å². The van der Waals surface area contributed by atoms with E-state index in [4.69, 9.17) is 0 Å². The van der Waals surface area contributed by atoms with Gasteiger partial charge in [0, 0.05) is 5.56 Å². The Labute approximate surface area is 133 Å². The van der Waals surface area contributed by atoms with E-state index in [2.05, 4.69) is 36.7 Å². The second kappa shape index (κ2) is 6.10. The summed E-state index contributed by atoms with van der Waals surface area (Å²) in [6.45, 7) is 6.46. The van der Waals surface area contributed by atoms with Gasteiger partial charge in [-0.25, -0.2) is 4.39 Å². The van der Waals surface area contributed by atoms with Crippen LogP contribution in [0.3, 0.4) is 0 Å². The summed E-state index contributed by atoms with van der Waals surface area (Å²) in [5, 5.41) is 0. The van der Waals surface area contributed by atoms with Gasteiger partial charge in [0.25, 0.3) is 0 Å². The van der Waals surface area contributed by atoms with E-state index in [9.17, 15) is 9.18 Å². The number of ketones is 1. The quantitative estimate of drug-likeness (QED) is 0.666. The van der Waals surface area contributed by atoms with Crippen molar-refractivity contribution in [2.24, 2.45) is 0 Å². The normalized spacial score (nSPS) is 11.5. The van der Waals surface area contributed by atoms with Crippen LogP contribution in [-0.4, -0.2) is 5.78 Å². The second-order valence-electron chi connectivity index (χ2n) is 5.75. The van der Waals surface area contributed by atoms with Crippen molar-refractivity contribution in [3.8, 4) is 0 Å². The van der Waals surface area contributed by atoms with Crippen molar-refractivity contribution in [2.75, 3.05) is 0 Å². The zero-order chi connectivity index (χ0) is 15.6. The summed E-state index contributed by atoms with van der Waals surface area (Å²) in [7, 11) is 0. The average molecular weight is 349 g/mol. The number of rotatable bonds is 4. The lowest BCUT2D eigenvalue weighted by Crippen LogP contribution is -2.15. The predicted molar refractivity (Wildman–Crippen MR) is 87.3 cm³/mol. The summed E-state index contributed by atoms with van der Waals surface area (Å²) in [5.74, 6) is -0.810. The molecular formula is C18H18BrFO. The van der Waals surface area contributed by atoms with Crippen molar-refractivity contribution in [3.63, 3.8) is 0 Å². The van der Waals surface area contributed by atoms with E-state index >= 15 is 0 Å². The Morgan fingerprint density at radius 2 is 1.76 bits per heavy atom. The standard InChI is InChI=1S/C18H18BrFO/c1-4-18(2,3)13-10-8-12(9-11-13)17(21)14-6-5-7-15(19)16(14)20/h5-11H,4H2,1-3H3. The van der Waals surface area contributed by atoms with Crippen molar-refractivity contribution >= 4 is 21.7 Å². The van der Waals surface area contributed by atoms with E-state index in [1.165, 1.54) is 11.6 Å². The fourth-order valence-electron chi connectivity index (χ4n) is 2.11. The molecule has 0 saturated heterocycles. The topological polar surface area (TPSA) is 17.1 Å². The molecule has 0 radical (unpaired) electrons. The molecule has 1 nitrogen and oxygen atoms in total. The number of benzene rings is 2. The molecule has 2 aromatic rings. The van der Waals surface area contributed by atoms with Crippen molar-refractivity contribution in [1.82, 2.24) is 0 Å². The Kier molecular flexibility index (Phi) is 4.62. The summed E-state index contributed by atoms with van der Waals surface area (Å²) in [5.41, 5.74) is 1.84. The molecule has 0 heterocycles. The van der Waals surface area contributed by atoms with Crippen LogP contribution in [0.2, 0.25) is 0 Å². The van der Waals surface area contributed by atoms with Crippen LogP contribution in [0.5, 0.6) is 0 Å². The van der Waals surface area contributed by atoms with E-state index in [0.29, 0.717) is 10.0 Å². The molecule has 0 aliphatic carbocycles. The molecule has 0 bridgehead atoms. The van der Waals surface area contributed by atoms with Gasteiger partial charge in [0.05, 0.1) is 10.0 Å². The smallest absolute Gasteiger partial charge is 0.196 e. The zero-order valence-electron chi connectivity index (χ0n) is 12.4. The Bertz CT molecular complexity index is 659. The molecule has 0 aliphatic heterocycles. The largest absolute Gasteiger partial charge is 0.288 e. The molecule has 0 fully saturated rings. The lowest BCUT2D eigenvalue weighted by molar-refractivity contribution is 0.103. The van der Waals surface area contributed by atoms with Crippen LogP contribution in [0.1, 0.15) is 48.7 Å². The molecule has 2 aromatic carbocycles. The summed E-state index contributed by atoms with van der Waals surface area (Å²) >= 11 is 3.11. The van der Waals surface area contributed by atoms with E-state index in [-0.39, 0.29) is 16.8 Å². The van der Waals surface area contributed by atoms with E-state index < -0.39 is 5.82 Å². The van der Waals surface area contributed by atoms with Crippen LogP contribution in [0.15, 0.2) is 46.9 Å². The van der Waals surface area contributed by atoms with Gasteiger partial charge in [-0.2, -0.15) is 0 Å². The van der Waals surface area contributed by atoms with Crippen molar-refractivity contribution in [2.45, 2.75) is 32.6 Å². The first kappa shape index (κ1) is 15.9. The minimum atomic E-state index is -0.513. The van der Waals surface area contributed by atoms with E-state index in [0.717, 1.165) is 6.42 Å². The van der Waals surface area contributed by atoms with Gasteiger partial charge in [0.15, 0.2) is 5.78 Å². The maximum absolute atomic E-state index is 14.0. The van der Waals surface area contributed by atoms with E-state index in [1.54, 1.807) is 24.3 Å². The minimum Gasteiger partial charge on any atom is -0.288 e. The average Bonchev–Trinajstić information content (AvgIpc) is 2.49. The zero-order valence-corrected chi connectivity index (χ0v) is 14.0. The molecule has 0 saturated carbocycles. The maximum atomic E-state index is 14.0. The van der Waals surface area contributed by atoms with Crippen LogP contribution in [0.4, 0.5) is 4.39 Å². The fourth-order valence-corrected chi connectivity index (χ4v) is 2.48. The van der Waals surface area contributed by atoms with Gasteiger partial charge in [0.2, 0.25) is 0 Å². The molecule has 2 rings (SSSR count). The molecular weight excluding hydrogens is 331 g/mol. The fraction of sp³-hybridized carbons (Fsp3) is 0.278. The highest BCUT2D eigenvalue weighted by atomic mass is 79.9. The Hall–Kier alpha value is -1.48. The molecule has 0 aromatic heterocycles. The van der Waals surface area contributed by atoms with Gasteiger partial charge in [-0.3, -0.25) is 4.79 Å². The highest BCUT2D eigenvalue weighted by Gasteiger charge is 2.20. The van der Waals surface area contributed by atoms with Crippen molar-refractivity contribution in [3.05, 3.63) is 69.4 Å². The summed E-state index contributed by atoms with van der Waals surface area (Å²) in [6, 6.07) is 12.2. The first-order valence-corrected chi connectivity index (χ1v) is 7.75. The number of hydrogen-bond donors (Lipinski definition) is 0. The first-order valence-electron chi connectivity index (χ1n) is 6.96. The third-order valence-corrected chi connectivity index (χ3v) is 4.62. The van der Waals surface area contributed by atoms with Crippen LogP contribution in [-0.2, 0) is 5.41 Å². The molecule has 110 valence electrons. The van der Waals surface area contributed by atoms with E-state index in [1.807, 2.05) is 12.1 Å². The summed E-state index contributed by atoms with van der Waals surface area (Å²) in [6.07, 6.45) is 1.01. The molecule has 21 heavy (non-hydrogen) atoms. The summed E-state index contributed by atoms with van der Waals surface area (Å²) in [4.78, 5) is 12.4. The van der Waals surface area contributed by atoms with Gasteiger partial charge in [-0.05, 0) is 45.5 Å². The summed E-state index contributed by atoms with van der Waals surface area (Å²) < 4.78 is 14.3. The van der Waals surface area contributed by atoms with Crippen LogP contribution in [0.25, 0.3) is 0 Å². The molecule has 3 heteroatoms. The van der Waals surface area contributed by atoms with Gasteiger partial charge < -0.3 is 0 Å². The second-order valence-corrected chi connectivity index (χ2v) is 6.60. The predicted octanol–water partition coefficient (Wildman–Crippen LogP) is 5.51. The van der Waals surface area contributed by atoms with Crippen molar-refractivity contribution < 1.29 is 9.18 Å². The van der Waals surface area contributed by atoms with Gasteiger partial charge in [-0.15, -0.1) is 0 Å². The minimum absolute atomic E-state index is 0.0720. The first-order chi connectivity index (χ1) is 9.86. The van der Waals surface area contributed by atoms with Gasteiger partial charge in [0.1, 0.15) is 5.82 Å². The number of halogens is 2. The Morgan fingerprint density at radius 1 is 1.14 bits per heavy atom.